The van der Waals surface area contributed by atoms with E-state index >= 15 is 0 Å². The first-order chi connectivity index (χ1) is 12.5. The summed E-state index contributed by atoms with van der Waals surface area (Å²) in [5.74, 6) is -0.643. The van der Waals surface area contributed by atoms with Crippen molar-refractivity contribution >= 4 is 0 Å². The van der Waals surface area contributed by atoms with Gasteiger partial charge in [-0.05, 0) is 25.0 Å². The van der Waals surface area contributed by atoms with Crippen LogP contribution in [0.1, 0.15) is 25.0 Å². The number of hydrogen-bond donors (Lipinski definition) is 1. The van der Waals surface area contributed by atoms with E-state index in [-0.39, 0.29) is 12.1 Å². The van der Waals surface area contributed by atoms with E-state index < -0.39 is 5.79 Å². The van der Waals surface area contributed by atoms with Crippen LogP contribution in [0.5, 0.6) is 0 Å². The molecular weight excluding hydrogens is 330 g/mol. The van der Waals surface area contributed by atoms with Gasteiger partial charge in [0.25, 0.3) is 0 Å². The SMILES string of the molecule is CC1(C)OC[C@H]([C@@H](COCc2ccccc2)N(O)Cc2ccccc2)O1. The first-order valence-electron chi connectivity index (χ1n) is 8.96. The molecule has 0 saturated carbocycles. The van der Waals surface area contributed by atoms with Gasteiger partial charge in [-0.15, -0.1) is 0 Å². The molecule has 1 saturated heterocycles. The molecule has 2 aromatic rings. The van der Waals surface area contributed by atoms with Crippen molar-refractivity contribution in [1.82, 2.24) is 5.06 Å². The Morgan fingerprint density at radius 3 is 2.27 bits per heavy atom. The van der Waals surface area contributed by atoms with Crippen LogP contribution in [0.2, 0.25) is 0 Å². The molecule has 1 aliphatic rings. The van der Waals surface area contributed by atoms with Crippen LogP contribution in [0.15, 0.2) is 60.7 Å². The van der Waals surface area contributed by atoms with E-state index in [0.29, 0.717) is 26.4 Å². The Morgan fingerprint density at radius 1 is 1.08 bits per heavy atom. The summed E-state index contributed by atoms with van der Waals surface area (Å²) in [7, 11) is 0. The summed E-state index contributed by atoms with van der Waals surface area (Å²) in [4.78, 5) is 0. The molecule has 3 rings (SSSR count). The molecule has 5 heteroatoms. The Balaban J connectivity index is 1.63. The Hall–Kier alpha value is -1.76. The molecule has 1 heterocycles. The average Bonchev–Trinajstić information content (AvgIpc) is 3.00. The number of benzene rings is 2. The van der Waals surface area contributed by atoms with Gasteiger partial charge in [-0.25, -0.2) is 0 Å². The standard InChI is InChI=1S/C21H27NO4/c1-21(2)25-16-20(26-21)19(15-24-14-18-11-7-4-8-12-18)22(23)13-17-9-5-3-6-10-17/h3-12,19-20,23H,13-16H2,1-2H3/t19-,20-/m1/s1. The largest absolute Gasteiger partial charge is 0.375 e. The minimum Gasteiger partial charge on any atom is -0.375 e. The fourth-order valence-electron chi connectivity index (χ4n) is 3.05. The highest BCUT2D eigenvalue weighted by Crippen LogP contribution is 2.26. The number of ether oxygens (including phenoxy) is 3. The molecule has 0 bridgehead atoms. The lowest BCUT2D eigenvalue weighted by atomic mass is 10.1. The van der Waals surface area contributed by atoms with Gasteiger partial charge in [0.1, 0.15) is 6.10 Å². The number of nitrogens with zero attached hydrogens (tertiary/aromatic N) is 1. The van der Waals surface area contributed by atoms with Crippen LogP contribution >= 0.6 is 0 Å². The Kier molecular flexibility index (Phi) is 6.40. The maximum absolute atomic E-state index is 10.7. The fraction of sp³-hybridized carbons (Fsp3) is 0.429. The highest BCUT2D eigenvalue weighted by molar-refractivity contribution is 5.15. The Morgan fingerprint density at radius 2 is 1.69 bits per heavy atom. The predicted octanol–water partition coefficient (Wildman–Crippen LogP) is 3.61. The maximum Gasteiger partial charge on any atom is 0.163 e. The van der Waals surface area contributed by atoms with Crippen molar-refractivity contribution in [2.24, 2.45) is 0 Å². The van der Waals surface area contributed by atoms with Gasteiger partial charge in [0, 0.05) is 6.54 Å². The van der Waals surface area contributed by atoms with Crippen molar-refractivity contribution in [3.63, 3.8) is 0 Å². The molecule has 1 aliphatic heterocycles. The third-order valence-electron chi connectivity index (χ3n) is 4.43. The van der Waals surface area contributed by atoms with E-state index in [9.17, 15) is 5.21 Å². The van der Waals surface area contributed by atoms with Crippen molar-refractivity contribution in [3.05, 3.63) is 71.8 Å². The third-order valence-corrected chi connectivity index (χ3v) is 4.43. The van der Waals surface area contributed by atoms with Gasteiger partial charge in [-0.2, -0.15) is 5.06 Å². The zero-order valence-corrected chi connectivity index (χ0v) is 15.4. The molecule has 26 heavy (non-hydrogen) atoms. The van der Waals surface area contributed by atoms with Crippen molar-refractivity contribution in [1.29, 1.82) is 0 Å². The molecule has 5 nitrogen and oxygen atoms in total. The van der Waals surface area contributed by atoms with Crippen molar-refractivity contribution < 1.29 is 19.4 Å². The van der Waals surface area contributed by atoms with Gasteiger partial charge >= 0.3 is 0 Å². The summed E-state index contributed by atoms with van der Waals surface area (Å²) in [6.07, 6.45) is -0.255. The van der Waals surface area contributed by atoms with Crippen LogP contribution in [0.4, 0.5) is 0 Å². The molecule has 1 fully saturated rings. The maximum atomic E-state index is 10.7. The molecule has 0 unspecified atom stereocenters. The first kappa shape index (κ1) is 19.0. The molecular formula is C21H27NO4. The molecule has 2 aromatic carbocycles. The van der Waals surface area contributed by atoms with Crippen LogP contribution in [0.25, 0.3) is 0 Å². The van der Waals surface area contributed by atoms with Gasteiger partial charge < -0.3 is 19.4 Å². The van der Waals surface area contributed by atoms with Gasteiger partial charge in [0.2, 0.25) is 0 Å². The van der Waals surface area contributed by atoms with Gasteiger partial charge in [-0.3, -0.25) is 0 Å². The van der Waals surface area contributed by atoms with Crippen LogP contribution in [0.3, 0.4) is 0 Å². The summed E-state index contributed by atoms with van der Waals surface area (Å²) in [6, 6.07) is 19.5. The van der Waals surface area contributed by atoms with Crippen LogP contribution in [-0.2, 0) is 27.4 Å². The molecule has 1 N–H and O–H groups in total. The van der Waals surface area contributed by atoms with Gasteiger partial charge in [0.15, 0.2) is 5.79 Å². The molecule has 0 aliphatic carbocycles. The topological polar surface area (TPSA) is 51.2 Å². The summed E-state index contributed by atoms with van der Waals surface area (Å²) in [5, 5.41) is 12.0. The highest BCUT2D eigenvalue weighted by Gasteiger charge is 2.39. The summed E-state index contributed by atoms with van der Waals surface area (Å²) < 4.78 is 17.5. The smallest absolute Gasteiger partial charge is 0.163 e. The van der Waals surface area contributed by atoms with E-state index in [1.54, 1.807) is 0 Å². The first-order valence-corrected chi connectivity index (χ1v) is 8.96. The minimum atomic E-state index is -0.643. The highest BCUT2D eigenvalue weighted by atomic mass is 16.7. The fourth-order valence-corrected chi connectivity index (χ4v) is 3.05. The normalized spacial score (nSPS) is 20.4. The molecule has 0 aromatic heterocycles. The molecule has 0 spiro atoms. The number of rotatable bonds is 8. The lowest BCUT2D eigenvalue weighted by Crippen LogP contribution is -2.46. The lowest BCUT2D eigenvalue weighted by molar-refractivity contribution is -0.200. The second-order valence-corrected chi connectivity index (χ2v) is 7.02. The van der Waals surface area contributed by atoms with E-state index in [1.165, 1.54) is 5.06 Å². The second kappa shape index (κ2) is 8.75. The lowest BCUT2D eigenvalue weighted by Gasteiger charge is -2.30. The predicted molar refractivity (Wildman–Crippen MR) is 98.6 cm³/mol. The van der Waals surface area contributed by atoms with Crippen molar-refractivity contribution in [2.75, 3.05) is 13.2 Å². The summed E-state index contributed by atoms with van der Waals surface area (Å²) in [5.41, 5.74) is 2.13. The quantitative estimate of drug-likeness (QED) is 0.732. The van der Waals surface area contributed by atoms with Gasteiger partial charge in [0.05, 0.1) is 25.9 Å². The zero-order chi connectivity index (χ0) is 18.4. The molecule has 0 radical (unpaired) electrons. The number of hydrogen-bond acceptors (Lipinski definition) is 5. The van der Waals surface area contributed by atoms with Crippen LogP contribution in [-0.4, -0.2) is 41.4 Å². The van der Waals surface area contributed by atoms with Crippen molar-refractivity contribution in [2.45, 2.75) is 44.9 Å². The Bertz CT molecular complexity index is 662. The summed E-state index contributed by atoms with van der Waals surface area (Å²) >= 11 is 0. The average molecular weight is 357 g/mol. The molecule has 2 atom stereocenters. The van der Waals surface area contributed by atoms with Crippen LogP contribution in [0, 0.1) is 0 Å². The summed E-state index contributed by atoms with van der Waals surface area (Å²) in [6.45, 7) is 5.44. The van der Waals surface area contributed by atoms with E-state index in [1.807, 2.05) is 74.5 Å². The minimum absolute atomic E-state index is 0.255. The van der Waals surface area contributed by atoms with E-state index in [0.717, 1.165) is 11.1 Å². The zero-order valence-electron chi connectivity index (χ0n) is 15.4. The number of hydroxylamine groups is 2. The van der Waals surface area contributed by atoms with Crippen LogP contribution < -0.4 is 0 Å². The third kappa shape index (κ3) is 5.37. The monoisotopic (exact) mass is 357 g/mol. The van der Waals surface area contributed by atoms with Crippen molar-refractivity contribution in [3.8, 4) is 0 Å². The molecule has 140 valence electrons. The van der Waals surface area contributed by atoms with E-state index in [2.05, 4.69) is 0 Å². The Labute approximate surface area is 155 Å². The molecule has 0 amide bonds. The van der Waals surface area contributed by atoms with E-state index in [4.69, 9.17) is 14.2 Å². The second-order valence-electron chi connectivity index (χ2n) is 7.02. The van der Waals surface area contributed by atoms with Gasteiger partial charge in [-0.1, -0.05) is 60.7 Å².